The lowest BCUT2D eigenvalue weighted by Gasteiger charge is -2.10. The number of benzene rings is 1. The third-order valence-electron chi connectivity index (χ3n) is 3.61. The van der Waals surface area contributed by atoms with Crippen LogP contribution in [0.4, 0.5) is 5.82 Å². The van der Waals surface area contributed by atoms with Crippen LogP contribution in [0.25, 0.3) is 10.8 Å². The molecule has 0 spiro atoms. The van der Waals surface area contributed by atoms with E-state index in [1.54, 1.807) is 24.4 Å². The third kappa shape index (κ3) is 2.96. The molecule has 0 atom stereocenters. The van der Waals surface area contributed by atoms with Gasteiger partial charge in [0, 0.05) is 11.6 Å². The quantitative estimate of drug-likeness (QED) is 0.803. The summed E-state index contributed by atoms with van der Waals surface area (Å²) in [5.41, 5.74) is 1.29. The van der Waals surface area contributed by atoms with Crippen LogP contribution in [0, 0.1) is 13.8 Å². The van der Waals surface area contributed by atoms with Crippen molar-refractivity contribution in [1.82, 2.24) is 14.8 Å². The molecule has 0 fully saturated rings. The summed E-state index contributed by atoms with van der Waals surface area (Å²) in [5.74, 6) is 0.152. The van der Waals surface area contributed by atoms with E-state index < -0.39 is 0 Å². The summed E-state index contributed by atoms with van der Waals surface area (Å²) in [6.07, 6.45) is 1.60. The Hall–Kier alpha value is -3.02. The van der Waals surface area contributed by atoms with E-state index >= 15 is 0 Å². The number of carbonyl (C=O) groups excluding carboxylic acids is 1. The number of amides is 1. The summed E-state index contributed by atoms with van der Waals surface area (Å²) in [6.45, 7) is 3.52. The maximum absolute atomic E-state index is 12.4. The molecule has 0 saturated heterocycles. The molecule has 0 radical (unpaired) electrons. The average Bonchev–Trinajstić information content (AvgIpc) is 2.54. The standard InChI is InChI=1S/C17H16N4O2/c1-11-6-5-9-18-16(11)19-15(22)10-21-17(23)14-8-4-3-7-13(14)12(2)20-21/h3-9H,10H2,1-2H3,(H,18,19,22). The summed E-state index contributed by atoms with van der Waals surface area (Å²) in [7, 11) is 0. The zero-order chi connectivity index (χ0) is 16.4. The molecule has 1 N–H and O–H groups in total. The molecule has 0 aliphatic carbocycles. The van der Waals surface area contributed by atoms with Crippen molar-refractivity contribution in [3.63, 3.8) is 0 Å². The first-order chi connectivity index (χ1) is 11.1. The van der Waals surface area contributed by atoms with Crippen molar-refractivity contribution in [3.05, 3.63) is 64.2 Å². The zero-order valence-corrected chi connectivity index (χ0v) is 12.9. The lowest BCUT2D eigenvalue weighted by Crippen LogP contribution is -2.30. The Balaban J connectivity index is 1.90. The highest BCUT2D eigenvalue weighted by Crippen LogP contribution is 2.12. The summed E-state index contributed by atoms with van der Waals surface area (Å²) < 4.78 is 1.19. The maximum atomic E-state index is 12.4. The molecule has 0 bridgehead atoms. The second-order valence-electron chi connectivity index (χ2n) is 5.31. The van der Waals surface area contributed by atoms with Crippen LogP contribution in [0.3, 0.4) is 0 Å². The molecule has 2 heterocycles. The minimum Gasteiger partial charge on any atom is -0.309 e. The van der Waals surface area contributed by atoms with Crippen LogP contribution in [-0.2, 0) is 11.3 Å². The van der Waals surface area contributed by atoms with Crippen molar-refractivity contribution in [1.29, 1.82) is 0 Å². The fraction of sp³-hybridized carbons (Fsp3) is 0.176. The van der Waals surface area contributed by atoms with E-state index in [0.717, 1.165) is 10.9 Å². The van der Waals surface area contributed by atoms with Gasteiger partial charge in [0.1, 0.15) is 12.4 Å². The van der Waals surface area contributed by atoms with Crippen LogP contribution in [0.2, 0.25) is 0 Å². The van der Waals surface area contributed by atoms with Crippen molar-refractivity contribution in [2.45, 2.75) is 20.4 Å². The van der Waals surface area contributed by atoms with Gasteiger partial charge >= 0.3 is 0 Å². The predicted molar refractivity (Wildman–Crippen MR) is 88.3 cm³/mol. The van der Waals surface area contributed by atoms with Gasteiger partial charge in [0.05, 0.1) is 11.1 Å². The maximum Gasteiger partial charge on any atom is 0.275 e. The van der Waals surface area contributed by atoms with E-state index in [0.29, 0.717) is 16.9 Å². The Morgan fingerprint density at radius 2 is 1.87 bits per heavy atom. The molecule has 116 valence electrons. The number of fused-ring (bicyclic) bond motifs is 1. The summed E-state index contributed by atoms with van der Waals surface area (Å²) >= 11 is 0. The molecule has 1 amide bonds. The number of aromatic nitrogens is 3. The smallest absolute Gasteiger partial charge is 0.275 e. The first kappa shape index (κ1) is 14.9. The van der Waals surface area contributed by atoms with Gasteiger partial charge in [-0.05, 0) is 31.5 Å². The third-order valence-corrected chi connectivity index (χ3v) is 3.61. The average molecular weight is 308 g/mol. The van der Waals surface area contributed by atoms with Gasteiger partial charge in [-0.25, -0.2) is 9.67 Å². The van der Waals surface area contributed by atoms with Crippen LogP contribution >= 0.6 is 0 Å². The largest absolute Gasteiger partial charge is 0.309 e. The molecule has 1 aromatic carbocycles. The van der Waals surface area contributed by atoms with Gasteiger partial charge in [-0.1, -0.05) is 24.3 Å². The molecule has 0 unspecified atom stereocenters. The Labute approximate surface area is 132 Å². The lowest BCUT2D eigenvalue weighted by atomic mass is 10.1. The van der Waals surface area contributed by atoms with Gasteiger partial charge in [0.25, 0.3) is 5.56 Å². The SMILES string of the molecule is Cc1cccnc1NC(=O)Cn1nc(C)c2ccccc2c1=O. The fourth-order valence-corrected chi connectivity index (χ4v) is 2.44. The van der Waals surface area contributed by atoms with E-state index in [1.807, 2.05) is 32.0 Å². The Kier molecular flexibility index (Phi) is 3.89. The van der Waals surface area contributed by atoms with E-state index in [2.05, 4.69) is 15.4 Å². The van der Waals surface area contributed by atoms with Crippen molar-refractivity contribution in [3.8, 4) is 0 Å². The van der Waals surface area contributed by atoms with Gasteiger partial charge in [-0.15, -0.1) is 0 Å². The van der Waals surface area contributed by atoms with Crippen molar-refractivity contribution in [2.75, 3.05) is 5.32 Å². The van der Waals surface area contributed by atoms with Gasteiger partial charge in [0.2, 0.25) is 5.91 Å². The Morgan fingerprint density at radius 1 is 1.13 bits per heavy atom. The Morgan fingerprint density at radius 3 is 2.61 bits per heavy atom. The molecule has 3 aromatic rings. The number of pyridine rings is 1. The number of rotatable bonds is 3. The summed E-state index contributed by atoms with van der Waals surface area (Å²) in [4.78, 5) is 28.7. The minimum absolute atomic E-state index is 0.152. The van der Waals surface area contributed by atoms with E-state index in [-0.39, 0.29) is 18.0 Å². The van der Waals surface area contributed by atoms with Crippen LogP contribution in [-0.4, -0.2) is 20.7 Å². The van der Waals surface area contributed by atoms with Crippen LogP contribution in [0.1, 0.15) is 11.3 Å². The molecule has 0 aliphatic rings. The van der Waals surface area contributed by atoms with Gasteiger partial charge < -0.3 is 5.32 Å². The molecule has 2 aromatic heterocycles. The highest BCUT2D eigenvalue weighted by molar-refractivity contribution is 5.90. The number of hydrogen-bond acceptors (Lipinski definition) is 4. The molecule has 3 rings (SSSR count). The van der Waals surface area contributed by atoms with Crippen LogP contribution < -0.4 is 10.9 Å². The first-order valence-electron chi connectivity index (χ1n) is 7.24. The fourth-order valence-electron chi connectivity index (χ4n) is 2.44. The van der Waals surface area contributed by atoms with Crippen molar-refractivity contribution >= 4 is 22.5 Å². The minimum atomic E-state index is -0.337. The number of hydrogen-bond donors (Lipinski definition) is 1. The number of nitrogens with one attached hydrogen (secondary N) is 1. The van der Waals surface area contributed by atoms with Gasteiger partial charge in [-0.2, -0.15) is 5.10 Å². The van der Waals surface area contributed by atoms with Crippen LogP contribution in [0.15, 0.2) is 47.4 Å². The molecule has 6 heteroatoms. The second-order valence-corrected chi connectivity index (χ2v) is 5.31. The predicted octanol–water partition coefficient (Wildman–Crippen LogP) is 2.05. The number of anilines is 1. The molecular formula is C17H16N4O2. The number of carbonyl (C=O) groups is 1. The number of nitrogens with zero attached hydrogens (tertiary/aromatic N) is 3. The highest BCUT2D eigenvalue weighted by atomic mass is 16.2. The first-order valence-corrected chi connectivity index (χ1v) is 7.24. The molecular weight excluding hydrogens is 292 g/mol. The van der Waals surface area contributed by atoms with E-state index in [4.69, 9.17) is 0 Å². The van der Waals surface area contributed by atoms with Crippen molar-refractivity contribution < 1.29 is 4.79 Å². The van der Waals surface area contributed by atoms with E-state index in [9.17, 15) is 9.59 Å². The molecule has 0 aliphatic heterocycles. The molecule has 6 nitrogen and oxygen atoms in total. The summed E-state index contributed by atoms with van der Waals surface area (Å²) in [5, 5.41) is 8.29. The van der Waals surface area contributed by atoms with Gasteiger partial charge in [0.15, 0.2) is 0 Å². The normalized spacial score (nSPS) is 10.7. The Bertz CT molecular complexity index is 947. The monoisotopic (exact) mass is 308 g/mol. The van der Waals surface area contributed by atoms with Crippen LogP contribution in [0.5, 0.6) is 0 Å². The number of aryl methyl sites for hydroxylation is 2. The highest BCUT2D eigenvalue weighted by Gasteiger charge is 2.11. The molecule has 23 heavy (non-hydrogen) atoms. The van der Waals surface area contributed by atoms with Crippen molar-refractivity contribution in [2.24, 2.45) is 0 Å². The topological polar surface area (TPSA) is 76.9 Å². The van der Waals surface area contributed by atoms with Gasteiger partial charge in [-0.3, -0.25) is 9.59 Å². The lowest BCUT2D eigenvalue weighted by molar-refractivity contribution is -0.117. The van der Waals surface area contributed by atoms with E-state index in [1.165, 1.54) is 4.68 Å². The molecule has 0 saturated carbocycles. The summed E-state index contributed by atoms with van der Waals surface area (Å²) in [6, 6.07) is 10.9. The zero-order valence-electron chi connectivity index (χ0n) is 12.9. The second kappa shape index (κ2) is 6.00.